The smallest absolute Gasteiger partial charge is 0.272 e. The number of amides is 2. The maximum Gasteiger partial charge on any atom is 0.272 e. The van der Waals surface area contributed by atoms with E-state index in [1.54, 1.807) is 36.9 Å². The van der Waals surface area contributed by atoms with Crippen LogP contribution in [-0.2, 0) is 4.79 Å². The van der Waals surface area contributed by atoms with Crippen molar-refractivity contribution in [2.45, 2.75) is 51.7 Å². The van der Waals surface area contributed by atoms with Gasteiger partial charge in [0.1, 0.15) is 5.69 Å². The standard InChI is InChI=1S/C22H29ClN4O3/c1-4-5-6-17-12-26(13-20(28)24-14-22(2,3)30)21(29)19-11-18(25-27(17)19)15-7-9-16(23)10-8-15/h7-11,17,30H,4-6,12-14H2,1-3H3,(H,24,28). The molecule has 0 saturated carbocycles. The van der Waals surface area contributed by atoms with Crippen molar-refractivity contribution in [1.82, 2.24) is 20.0 Å². The molecule has 0 aliphatic carbocycles. The zero-order valence-corrected chi connectivity index (χ0v) is 18.4. The highest BCUT2D eigenvalue weighted by atomic mass is 35.5. The zero-order valence-electron chi connectivity index (χ0n) is 17.7. The van der Waals surface area contributed by atoms with E-state index in [1.165, 1.54) is 0 Å². The first-order chi connectivity index (χ1) is 14.2. The molecule has 0 bridgehead atoms. The Bertz CT molecular complexity index is 902. The lowest BCUT2D eigenvalue weighted by molar-refractivity contribution is -0.123. The van der Waals surface area contributed by atoms with E-state index in [9.17, 15) is 14.7 Å². The Morgan fingerprint density at radius 1 is 1.33 bits per heavy atom. The third-order valence-electron chi connectivity index (χ3n) is 5.10. The fraction of sp³-hybridized carbons (Fsp3) is 0.500. The minimum absolute atomic E-state index is 0.0146. The molecule has 1 aliphatic rings. The molecule has 162 valence electrons. The van der Waals surface area contributed by atoms with Crippen LogP contribution in [0.25, 0.3) is 11.3 Å². The topological polar surface area (TPSA) is 87.5 Å². The van der Waals surface area contributed by atoms with Gasteiger partial charge in [-0.1, -0.05) is 43.5 Å². The highest BCUT2D eigenvalue weighted by molar-refractivity contribution is 6.30. The Hall–Kier alpha value is -2.38. The molecule has 1 aromatic carbocycles. The van der Waals surface area contributed by atoms with Crippen molar-refractivity contribution in [2.75, 3.05) is 19.6 Å². The van der Waals surface area contributed by atoms with E-state index in [1.807, 2.05) is 16.8 Å². The molecule has 0 fully saturated rings. The van der Waals surface area contributed by atoms with Gasteiger partial charge in [0.15, 0.2) is 0 Å². The van der Waals surface area contributed by atoms with Crippen molar-refractivity contribution >= 4 is 23.4 Å². The van der Waals surface area contributed by atoms with E-state index in [-0.39, 0.29) is 30.9 Å². The van der Waals surface area contributed by atoms with Crippen LogP contribution in [0, 0.1) is 0 Å². The summed E-state index contributed by atoms with van der Waals surface area (Å²) in [6.07, 6.45) is 2.92. The number of benzene rings is 1. The summed E-state index contributed by atoms with van der Waals surface area (Å²) in [5, 5.41) is 17.8. The van der Waals surface area contributed by atoms with E-state index < -0.39 is 5.60 Å². The Labute approximate surface area is 182 Å². The summed E-state index contributed by atoms with van der Waals surface area (Å²) in [5.74, 6) is -0.500. The van der Waals surface area contributed by atoms with Crippen LogP contribution < -0.4 is 5.32 Å². The Balaban J connectivity index is 1.83. The minimum atomic E-state index is -1.00. The molecule has 0 radical (unpaired) electrons. The quantitative estimate of drug-likeness (QED) is 0.670. The molecule has 2 heterocycles. The van der Waals surface area contributed by atoms with Crippen LogP contribution in [-0.4, -0.2) is 56.8 Å². The Morgan fingerprint density at radius 3 is 2.67 bits per heavy atom. The van der Waals surface area contributed by atoms with Gasteiger partial charge in [-0.05, 0) is 38.5 Å². The number of unbranched alkanes of at least 4 members (excludes halogenated alkanes) is 1. The summed E-state index contributed by atoms with van der Waals surface area (Å²) in [4.78, 5) is 27.0. The maximum absolute atomic E-state index is 13.1. The second-order valence-corrected chi connectivity index (χ2v) is 8.87. The van der Waals surface area contributed by atoms with Crippen LogP contribution >= 0.6 is 11.6 Å². The first-order valence-corrected chi connectivity index (χ1v) is 10.7. The maximum atomic E-state index is 13.1. The molecule has 2 N–H and O–H groups in total. The van der Waals surface area contributed by atoms with Crippen LogP contribution in [0.5, 0.6) is 0 Å². The SMILES string of the molecule is CCCCC1CN(CC(=O)NCC(C)(C)O)C(=O)c2cc(-c3ccc(Cl)cc3)nn21. The van der Waals surface area contributed by atoms with E-state index in [4.69, 9.17) is 16.7 Å². The molecule has 2 amide bonds. The molecule has 1 atom stereocenters. The van der Waals surface area contributed by atoms with Crippen molar-refractivity contribution < 1.29 is 14.7 Å². The second-order valence-electron chi connectivity index (χ2n) is 8.44. The number of fused-ring (bicyclic) bond motifs is 1. The van der Waals surface area contributed by atoms with Crippen molar-refractivity contribution in [2.24, 2.45) is 0 Å². The van der Waals surface area contributed by atoms with Crippen LogP contribution in [0.3, 0.4) is 0 Å². The number of halogens is 1. The van der Waals surface area contributed by atoms with Gasteiger partial charge < -0.3 is 15.3 Å². The number of aromatic nitrogens is 2. The lowest BCUT2D eigenvalue weighted by Crippen LogP contribution is -2.49. The first kappa shape index (κ1) is 22.3. The molecule has 0 spiro atoms. The predicted octanol–water partition coefficient (Wildman–Crippen LogP) is 3.28. The average Bonchev–Trinajstić information content (AvgIpc) is 3.13. The highest BCUT2D eigenvalue weighted by Gasteiger charge is 2.34. The summed E-state index contributed by atoms with van der Waals surface area (Å²) < 4.78 is 1.81. The van der Waals surface area contributed by atoms with E-state index >= 15 is 0 Å². The molecule has 1 aliphatic heterocycles. The Morgan fingerprint density at radius 2 is 2.03 bits per heavy atom. The number of carbonyl (C=O) groups excluding carboxylic acids is 2. The van der Waals surface area contributed by atoms with E-state index in [0.29, 0.717) is 23.0 Å². The molecule has 30 heavy (non-hydrogen) atoms. The fourth-order valence-electron chi connectivity index (χ4n) is 3.50. The molecule has 0 saturated heterocycles. The monoisotopic (exact) mass is 432 g/mol. The van der Waals surface area contributed by atoms with Crippen molar-refractivity contribution in [1.29, 1.82) is 0 Å². The lowest BCUT2D eigenvalue weighted by Gasteiger charge is -2.33. The van der Waals surface area contributed by atoms with Gasteiger partial charge in [0.05, 0.1) is 23.9 Å². The summed E-state index contributed by atoms with van der Waals surface area (Å²) in [7, 11) is 0. The molecule has 1 aromatic heterocycles. The summed E-state index contributed by atoms with van der Waals surface area (Å²) >= 11 is 5.99. The molecule has 8 heteroatoms. The fourth-order valence-corrected chi connectivity index (χ4v) is 3.63. The number of nitrogens with one attached hydrogen (secondary N) is 1. The molecular weight excluding hydrogens is 404 g/mol. The summed E-state index contributed by atoms with van der Waals surface area (Å²) in [6.45, 7) is 5.89. The van der Waals surface area contributed by atoms with Crippen LogP contribution in [0.4, 0.5) is 0 Å². The third kappa shape index (κ3) is 5.40. The largest absolute Gasteiger partial charge is 0.389 e. The average molecular weight is 433 g/mol. The second kappa shape index (κ2) is 9.18. The predicted molar refractivity (Wildman–Crippen MR) is 116 cm³/mol. The zero-order chi connectivity index (χ0) is 21.9. The molecular formula is C22H29ClN4O3. The summed E-state index contributed by atoms with van der Waals surface area (Å²) in [5.41, 5.74) is 1.09. The number of nitrogens with zero attached hydrogens (tertiary/aromatic N) is 3. The Kier molecular flexibility index (Phi) is 6.83. The number of hydrogen-bond acceptors (Lipinski definition) is 4. The normalized spacial score (nSPS) is 16.5. The van der Waals surface area contributed by atoms with Gasteiger partial charge >= 0.3 is 0 Å². The summed E-state index contributed by atoms with van der Waals surface area (Å²) in [6, 6.07) is 9.15. The highest BCUT2D eigenvalue weighted by Crippen LogP contribution is 2.29. The van der Waals surface area contributed by atoms with Crippen LogP contribution in [0.2, 0.25) is 5.02 Å². The van der Waals surface area contributed by atoms with Gasteiger partial charge in [0, 0.05) is 23.7 Å². The molecule has 3 rings (SSSR count). The number of carbonyl (C=O) groups is 2. The molecule has 2 aromatic rings. The van der Waals surface area contributed by atoms with Gasteiger partial charge in [-0.3, -0.25) is 14.3 Å². The van der Waals surface area contributed by atoms with Crippen molar-refractivity contribution in [3.05, 3.63) is 41.0 Å². The van der Waals surface area contributed by atoms with E-state index in [0.717, 1.165) is 24.8 Å². The van der Waals surface area contributed by atoms with Crippen molar-refractivity contribution in [3.8, 4) is 11.3 Å². The number of aliphatic hydroxyl groups is 1. The van der Waals surface area contributed by atoms with Gasteiger partial charge in [0.2, 0.25) is 5.91 Å². The van der Waals surface area contributed by atoms with Crippen LogP contribution in [0.1, 0.15) is 56.6 Å². The molecule has 7 nitrogen and oxygen atoms in total. The van der Waals surface area contributed by atoms with Gasteiger partial charge in [-0.2, -0.15) is 5.10 Å². The third-order valence-corrected chi connectivity index (χ3v) is 5.35. The first-order valence-electron chi connectivity index (χ1n) is 10.3. The van der Waals surface area contributed by atoms with Crippen molar-refractivity contribution in [3.63, 3.8) is 0 Å². The minimum Gasteiger partial charge on any atom is -0.389 e. The van der Waals surface area contributed by atoms with E-state index in [2.05, 4.69) is 12.2 Å². The number of hydrogen-bond donors (Lipinski definition) is 2. The van der Waals surface area contributed by atoms with Gasteiger partial charge in [-0.25, -0.2) is 0 Å². The van der Waals surface area contributed by atoms with Gasteiger partial charge in [-0.15, -0.1) is 0 Å². The van der Waals surface area contributed by atoms with Crippen LogP contribution in [0.15, 0.2) is 30.3 Å². The number of rotatable bonds is 8. The molecule has 1 unspecified atom stereocenters. The van der Waals surface area contributed by atoms with Gasteiger partial charge in [0.25, 0.3) is 5.91 Å². The lowest BCUT2D eigenvalue weighted by atomic mass is 10.1.